The smallest absolute Gasteiger partial charge is 0.308 e. The summed E-state index contributed by atoms with van der Waals surface area (Å²) < 4.78 is 31.8. The molecule has 144 valence electrons. The predicted octanol–water partition coefficient (Wildman–Crippen LogP) is 0.937. The lowest BCUT2D eigenvalue weighted by molar-refractivity contribution is -0.141. The van der Waals surface area contributed by atoms with Gasteiger partial charge in [0, 0.05) is 31.8 Å². The highest BCUT2D eigenvalue weighted by Crippen LogP contribution is 2.29. The topological polar surface area (TPSA) is 113 Å². The summed E-state index contributed by atoms with van der Waals surface area (Å²) in [6, 6.07) is 5.79. The number of rotatable bonds is 10. The predicted molar refractivity (Wildman–Crippen MR) is 94.4 cm³/mol. The first kappa shape index (κ1) is 20.3. The number of methoxy groups -OCH3 is 1. The first-order chi connectivity index (χ1) is 12.3. The Morgan fingerprint density at radius 1 is 1.38 bits per heavy atom. The number of carbonyl (C=O) groups is 2. The zero-order chi connectivity index (χ0) is 19.3. The number of hydrogen-bond donors (Lipinski definition) is 2. The molecule has 0 aliphatic heterocycles. The Morgan fingerprint density at radius 2 is 2.08 bits per heavy atom. The van der Waals surface area contributed by atoms with Crippen molar-refractivity contribution >= 4 is 21.9 Å². The van der Waals surface area contributed by atoms with Crippen molar-refractivity contribution in [1.29, 1.82) is 0 Å². The zero-order valence-corrected chi connectivity index (χ0v) is 15.7. The summed E-state index contributed by atoms with van der Waals surface area (Å²) in [7, 11) is -2.28. The number of aliphatic carboxylic acids is 1. The first-order valence-corrected chi connectivity index (χ1v) is 9.87. The second-order valence-corrected chi connectivity index (χ2v) is 8.11. The molecule has 1 aliphatic carbocycles. The van der Waals surface area contributed by atoms with Crippen LogP contribution in [0.3, 0.4) is 0 Å². The summed E-state index contributed by atoms with van der Waals surface area (Å²) in [6.07, 6.45) is 1.66. The molecule has 1 fully saturated rings. The maximum absolute atomic E-state index is 12.8. The number of carboxylic acids is 1. The number of carboxylic acid groups (broad SMARTS) is 1. The maximum Gasteiger partial charge on any atom is 0.308 e. The third kappa shape index (κ3) is 5.26. The number of benzene rings is 1. The van der Waals surface area contributed by atoms with Crippen molar-refractivity contribution in [3.8, 4) is 0 Å². The fourth-order valence-corrected chi connectivity index (χ4v) is 3.54. The number of nitrogens with one attached hydrogen (secondary N) is 1. The van der Waals surface area contributed by atoms with Crippen LogP contribution in [0, 0.1) is 5.92 Å². The van der Waals surface area contributed by atoms with Crippen LogP contribution in [0.15, 0.2) is 29.2 Å². The van der Waals surface area contributed by atoms with E-state index in [1.807, 2.05) is 0 Å². The lowest BCUT2D eigenvalue weighted by atomic mass is 10.1. The summed E-state index contributed by atoms with van der Waals surface area (Å²) in [6.45, 7) is 2.01. The Hall–Kier alpha value is -1.97. The van der Waals surface area contributed by atoms with Crippen molar-refractivity contribution in [2.75, 3.05) is 26.8 Å². The fraction of sp³-hybridized carbons (Fsp3) is 0.529. The molecule has 8 nitrogen and oxygen atoms in total. The van der Waals surface area contributed by atoms with Crippen LogP contribution >= 0.6 is 0 Å². The van der Waals surface area contributed by atoms with Crippen LogP contribution in [0.5, 0.6) is 0 Å². The van der Waals surface area contributed by atoms with Crippen molar-refractivity contribution in [3.63, 3.8) is 0 Å². The molecule has 0 spiro atoms. The quantitative estimate of drug-likeness (QED) is 0.581. The number of carbonyl (C=O) groups excluding carboxylic acids is 1. The highest BCUT2D eigenvalue weighted by Gasteiger charge is 2.35. The van der Waals surface area contributed by atoms with Crippen molar-refractivity contribution in [3.05, 3.63) is 29.8 Å². The van der Waals surface area contributed by atoms with E-state index < -0.39 is 21.9 Å². The van der Waals surface area contributed by atoms with Gasteiger partial charge in [0.25, 0.3) is 5.91 Å². The van der Waals surface area contributed by atoms with Crippen molar-refractivity contribution in [2.24, 2.45) is 5.92 Å². The maximum atomic E-state index is 12.8. The van der Waals surface area contributed by atoms with Crippen LogP contribution in [-0.4, -0.2) is 63.1 Å². The molecule has 1 amide bonds. The molecule has 2 rings (SSSR count). The van der Waals surface area contributed by atoms with Gasteiger partial charge in [0.05, 0.1) is 17.4 Å². The van der Waals surface area contributed by atoms with Crippen molar-refractivity contribution < 1.29 is 27.9 Å². The number of hydrogen-bond acceptors (Lipinski definition) is 5. The van der Waals surface area contributed by atoms with Gasteiger partial charge in [-0.25, -0.2) is 13.1 Å². The standard InChI is InChI=1S/C17H24N2O6S/c1-12(17(21)22)11-19(14-6-7-14)16(20)13-4-3-5-15(10-13)26(23,24)18-8-9-25-2/h3-5,10,12,14,18H,6-9,11H2,1-2H3,(H,21,22). The molecule has 0 heterocycles. The molecule has 1 saturated carbocycles. The van der Waals surface area contributed by atoms with Gasteiger partial charge in [0.2, 0.25) is 10.0 Å². The summed E-state index contributed by atoms with van der Waals surface area (Å²) >= 11 is 0. The number of sulfonamides is 1. The summed E-state index contributed by atoms with van der Waals surface area (Å²) in [4.78, 5) is 25.5. The van der Waals surface area contributed by atoms with Crippen LogP contribution in [0.4, 0.5) is 0 Å². The van der Waals surface area contributed by atoms with E-state index in [0.717, 1.165) is 12.8 Å². The molecule has 1 aromatic carbocycles. The minimum Gasteiger partial charge on any atom is -0.481 e. The van der Waals surface area contributed by atoms with Gasteiger partial charge in [-0.15, -0.1) is 0 Å². The Morgan fingerprint density at radius 3 is 2.65 bits per heavy atom. The summed E-state index contributed by atoms with van der Waals surface area (Å²) in [5, 5.41) is 9.10. The molecule has 1 aliphatic rings. The van der Waals surface area contributed by atoms with Gasteiger partial charge in [-0.2, -0.15) is 0 Å². The van der Waals surface area contributed by atoms with Crippen LogP contribution in [-0.2, 0) is 19.6 Å². The molecule has 2 N–H and O–H groups in total. The van der Waals surface area contributed by atoms with Crippen LogP contribution in [0.1, 0.15) is 30.1 Å². The average molecular weight is 384 g/mol. The van der Waals surface area contributed by atoms with Gasteiger partial charge >= 0.3 is 5.97 Å². The number of amides is 1. The third-order valence-corrected chi connectivity index (χ3v) is 5.59. The van der Waals surface area contributed by atoms with Gasteiger partial charge in [0.1, 0.15) is 0 Å². The molecule has 0 radical (unpaired) electrons. The first-order valence-electron chi connectivity index (χ1n) is 8.38. The number of ether oxygens (including phenoxy) is 1. The molecule has 9 heteroatoms. The molecule has 1 unspecified atom stereocenters. The average Bonchev–Trinajstić information content (AvgIpc) is 3.44. The van der Waals surface area contributed by atoms with E-state index in [-0.39, 0.29) is 42.1 Å². The van der Waals surface area contributed by atoms with Crippen LogP contribution in [0.25, 0.3) is 0 Å². The zero-order valence-electron chi connectivity index (χ0n) is 14.8. The van der Waals surface area contributed by atoms with E-state index in [0.29, 0.717) is 0 Å². The van der Waals surface area contributed by atoms with Gasteiger partial charge in [-0.3, -0.25) is 9.59 Å². The van der Waals surface area contributed by atoms with E-state index in [1.54, 1.807) is 6.92 Å². The van der Waals surface area contributed by atoms with E-state index in [1.165, 1.54) is 36.3 Å². The minimum atomic E-state index is -3.75. The second kappa shape index (κ2) is 8.61. The normalized spacial score (nSPS) is 15.5. The summed E-state index contributed by atoms with van der Waals surface area (Å²) in [5.74, 6) is -2.01. The molecule has 1 aromatic rings. The van der Waals surface area contributed by atoms with Gasteiger partial charge in [-0.05, 0) is 31.0 Å². The number of nitrogens with zero attached hydrogens (tertiary/aromatic N) is 1. The summed E-state index contributed by atoms with van der Waals surface area (Å²) in [5.41, 5.74) is 0.226. The fourth-order valence-electron chi connectivity index (χ4n) is 2.48. The van der Waals surface area contributed by atoms with Gasteiger partial charge < -0.3 is 14.7 Å². The van der Waals surface area contributed by atoms with Crippen molar-refractivity contribution in [2.45, 2.75) is 30.7 Å². The van der Waals surface area contributed by atoms with Crippen LogP contribution < -0.4 is 4.72 Å². The molecule has 0 bridgehead atoms. The lowest BCUT2D eigenvalue weighted by Gasteiger charge is -2.24. The molecule has 0 aromatic heterocycles. The monoisotopic (exact) mass is 384 g/mol. The minimum absolute atomic E-state index is 0.0125. The van der Waals surface area contributed by atoms with Gasteiger partial charge in [-0.1, -0.05) is 13.0 Å². The van der Waals surface area contributed by atoms with Crippen LogP contribution in [0.2, 0.25) is 0 Å². The second-order valence-electron chi connectivity index (χ2n) is 6.35. The van der Waals surface area contributed by atoms with Crippen molar-refractivity contribution in [1.82, 2.24) is 9.62 Å². The van der Waals surface area contributed by atoms with E-state index >= 15 is 0 Å². The molecular weight excluding hydrogens is 360 g/mol. The molecule has 26 heavy (non-hydrogen) atoms. The SMILES string of the molecule is COCCNS(=O)(=O)c1cccc(C(=O)N(CC(C)C(=O)O)C2CC2)c1. The lowest BCUT2D eigenvalue weighted by Crippen LogP contribution is -2.38. The van der Waals surface area contributed by atoms with E-state index in [2.05, 4.69) is 4.72 Å². The molecule has 0 saturated heterocycles. The Balaban J connectivity index is 2.19. The largest absolute Gasteiger partial charge is 0.481 e. The van der Waals surface area contributed by atoms with E-state index in [9.17, 15) is 18.0 Å². The highest BCUT2D eigenvalue weighted by molar-refractivity contribution is 7.89. The Kier molecular flexibility index (Phi) is 6.74. The van der Waals surface area contributed by atoms with Gasteiger partial charge in [0.15, 0.2) is 0 Å². The Bertz CT molecular complexity index is 760. The third-order valence-electron chi connectivity index (χ3n) is 4.13. The van der Waals surface area contributed by atoms with E-state index in [4.69, 9.17) is 9.84 Å². The molecule has 1 atom stereocenters. The Labute approximate surface area is 153 Å². The molecular formula is C17H24N2O6S. The highest BCUT2D eigenvalue weighted by atomic mass is 32.2.